The largest absolute Gasteiger partial charge is 0.508 e. The summed E-state index contributed by atoms with van der Waals surface area (Å²) < 4.78 is 0. The van der Waals surface area contributed by atoms with Gasteiger partial charge in [0.1, 0.15) is 5.75 Å². The molecule has 0 radical (unpaired) electrons. The standard InChI is InChI=1S/C19H25NO/c1-11-7-14(4)19(15(5)8-11)16(6)20-17-9-13(3)18(21)10-12(17)2/h7-10,16,20-21H,1-6H3. The quantitative estimate of drug-likeness (QED) is 0.767. The van der Waals surface area contributed by atoms with E-state index in [4.69, 9.17) is 0 Å². The highest BCUT2D eigenvalue weighted by molar-refractivity contribution is 5.58. The Morgan fingerprint density at radius 1 is 0.810 bits per heavy atom. The van der Waals surface area contributed by atoms with Crippen molar-refractivity contribution < 1.29 is 5.11 Å². The minimum atomic E-state index is 0.230. The van der Waals surface area contributed by atoms with Crippen LogP contribution in [0.4, 0.5) is 5.69 Å². The summed E-state index contributed by atoms with van der Waals surface area (Å²) in [4.78, 5) is 0. The minimum absolute atomic E-state index is 0.230. The van der Waals surface area contributed by atoms with E-state index < -0.39 is 0 Å². The van der Waals surface area contributed by atoms with Gasteiger partial charge in [-0.15, -0.1) is 0 Å². The molecule has 0 aliphatic heterocycles. The van der Waals surface area contributed by atoms with Crippen LogP contribution in [-0.2, 0) is 0 Å². The number of nitrogens with one attached hydrogen (secondary N) is 1. The summed E-state index contributed by atoms with van der Waals surface area (Å²) in [7, 11) is 0. The highest BCUT2D eigenvalue weighted by Gasteiger charge is 2.13. The van der Waals surface area contributed by atoms with Gasteiger partial charge in [0.2, 0.25) is 0 Å². The van der Waals surface area contributed by atoms with Crippen LogP contribution in [0, 0.1) is 34.6 Å². The molecule has 2 aromatic carbocycles. The molecular formula is C19H25NO. The number of phenols is 1. The van der Waals surface area contributed by atoms with Crippen molar-refractivity contribution in [3.8, 4) is 5.75 Å². The van der Waals surface area contributed by atoms with E-state index in [9.17, 15) is 5.11 Å². The van der Waals surface area contributed by atoms with E-state index in [2.05, 4.69) is 45.1 Å². The van der Waals surface area contributed by atoms with Gasteiger partial charge in [-0.3, -0.25) is 0 Å². The van der Waals surface area contributed by atoms with Gasteiger partial charge in [0.15, 0.2) is 0 Å². The lowest BCUT2D eigenvalue weighted by atomic mass is 9.94. The van der Waals surface area contributed by atoms with Crippen molar-refractivity contribution in [2.24, 2.45) is 0 Å². The van der Waals surface area contributed by atoms with Crippen LogP contribution in [0.5, 0.6) is 5.75 Å². The third kappa shape index (κ3) is 3.21. The minimum Gasteiger partial charge on any atom is -0.508 e. The zero-order chi connectivity index (χ0) is 15.7. The summed E-state index contributed by atoms with van der Waals surface area (Å²) in [5.41, 5.74) is 8.34. The van der Waals surface area contributed by atoms with Crippen molar-refractivity contribution in [1.29, 1.82) is 0 Å². The predicted octanol–water partition coefficient (Wildman–Crippen LogP) is 5.11. The van der Waals surface area contributed by atoms with Gasteiger partial charge in [0.25, 0.3) is 0 Å². The molecule has 0 amide bonds. The van der Waals surface area contributed by atoms with Gasteiger partial charge in [-0.1, -0.05) is 17.7 Å². The fourth-order valence-corrected chi connectivity index (χ4v) is 3.14. The molecule has 1 atom stereocenters. The maximum Gasteiger partial charge on any atom is 0.118 e. The lowest BCUT2D eigenvalue weighted by Crippen LogP contribution is -2.11. The monoisotopic (exact) mass is 283 g/mol. The first-order valence-corrected chi connectivity index (χ1v) is 7.44. The van der Waals surface area contributed by atoms with Crippen molar-refractivity contribution in [2.45, 2.75) is 47.6 Å². The van der Waals surface area contributed by atoms with Crippen molar-refractivity contribution in [3.05, 3.63) is 57.6 Å². The van der Waals surface area contributed by atoms with Gasteiger partial charge in [0.05, 0.1) is 0 Å². The molecule has 0 aromatic heterocycles. The Kier molecular flexibility index (Phi) is 4.26. The van der Waals surface area contributed by atoms with E-state index in [1.54, 1.807) is 0 Å². The number of phenolic OH excluding ortho intramolecular Hbond substituents is 1. The van der Waals surface area contributed by atoms with E-state index in [-0.39, 0.29) is 6.04 Å². The molecule has 2 rings (SSSR count). The van der Waals surface area contributed by atoms with Crippen LogP contribution >= 0.6 is 0 Å². The summed E-state index contributed by atoms with van der Waals surface area (Å²) in [6.07, 6.45) is 0. The molecule has 0 saturated carbocycles. The van der Waals surface area contributed by atoms with Crippen LogP contribution < -0.4 is 5.32 Å². The second-order valence-electron chi connectivity index (χ2n) is 6.13. The summed E-state index contributed by atoms with van der Waals surface area (Å²) in [5, 5.41) is 13.4. The zero-order valence-electron chi connectivity index (χ0n) is 13.8. The average Bonchev–Trinajstić information content (AvgIpc) is 2.34. The Balaban J connectivity index is 2.35. The van der Waals surface area contributed by atoms with Crippen molar-refractivity contribution in [2.75, 3.05) is 5.32 Å². The van der Waals surface area contributed by atoms with Crippen LogP contribution in [0.1, 0.15) is 46.3 Å². The Morgan fingerprint density at radius 2 is 1.38 bits per heavy atom. The Labute approximate surface area is 127 Å². The third-order valence-corrected chi connectivity index (χ3v) is 4.09. The van der Waals surface area contributed by atoms with E-state index >= 15 is 0 Å². The molecule has 2 nitrogen and oxygen atoms in total. The Morgan fingerprint density at radius 3 is 1.95 bits per heavy atom. The molecule has 2 N–H and O–H groups in total. The van der Waals surface area contributed by atoms with Crippen molar-refractivity contribution >= 4 is 5.69 Å². The molecule has 2 heteroatoms. The second-order valence-corrected chi connectivity index (χ2v) is 6.13. The topological polar surface area (TPSA) is 32.3 Å². The lowest BCUT2D eigenvalue weighted by Gasteiger charge is -2.22. The van der Waals surface area contributed by atoms with Crippen LogP contribution in [0.15, 0.2) is 24.3 Å². The van der Waals surface area contributed by atoms with Crippen LogP contribution in [0.3, 0.4) is 0 Å². The van der Waals surface area contributed by atoms with Crippen molar-refractivity contribution in [1.82, 2.24) is 0 Å². The van der Waals surface area contributed by atoms with Gasteiger partial charge < -0.3 is 10.4 Å². The summed E-state index contributed by atoms with van der Waals surface area (Å²) in [6, 6.07) is 8.53. The Hall–Kier alpha value is -1.96. The molecule has 0 spiro atoms. The zero-order valence-corrected chi connectivity index (χ0v) is 13.8. The number of aromatic hydroxyl groups is 1. The molecule has 0 heterocycles. The smallest absolute Gasteiger partial charge is 0.118 e. The van der Waals surface area contributed by atoms with E-state index in [0.717, 1.165) is 16.8 Å². The second kappa shape index (κ2) is 5.80. The highest BCUT2D eigenvalue weighted by atomic mass is 16.3. The molecule has 0 aliphatic carbocycles. The van der Waals surface area contributed by atoms with Gasteiger partial charge in [-0.25, -0.2) is 0 Å². The van der Waals surface area contributed by atoms with Crippen LogP contribution in [0.2, 0.25) is 0 Å². The van der Waals surface area contributed by atoms with E-state index in [1.165, 1.54) is 22.3 Å². The summed E-state index contributed by atoms with van der Waals surface area (Å²) in [6.45, 7) is 12.6. The van der Waals surface area contributed by atoms with E-state index in [0.29, 0.717) is 5.75 Å². The first-order valence-electron chi connectivity index (χ1n) is 7.44. The molecule has 0 saturated heterocycles. The number of hydrogen-bond donors (Lipinski definition) is 2. The molecule has 0 fully saturated rings. The summed E-state index contributed by atoms with van der Waals surface area (Å²) >= 11 is 0. The normalized spacial score (nSPS) is 12.3. The van der Waals surface area contributed by atoms with Crippen molar-refractivity contribution in [3.63, 3.8) is 0 Å². The maximum atomic E-state index is 9.77. The first kappa shape index (κ1) is 15.4. The molecule has 1 unspecified atom stereocenters. The van der Waals surface area contributed by atoms with Gasteiger partial charge in [-0.2, -0.15) is 0 Å². The van der Waals surface area contributed by atoms with Gasteiger partial charge >= 0.3 is 0 Å². The molecule has 0 aliphatic rings. The Bertz CT molecular complexity index is 651. The molecule has 2 aromatic rings. The third-order valence-electron chi connectivity index (χ3n) is 4.09. The average molecular weight is 283 g/mol. The highest BCUT2D eigenvalue weighted by Crippen LogP contribution is 2.30. The van der Waals surface area contributed by atoms with Crippen LogP contribution in [0.25, 0.3) is 0 Å². The van der Waals surface area contributed by atoms with Gasteiger partial charge in [0, 0.05) is 11.7 Å². The van der Waals surface area contributed by atoms with Crippen LogP contribution in [-0.4, -0.2) is 5.11 Å². The fourth-order valence-electron chi connectivity index (χ4n) is 3.14. The predicted molar refractivity (Wildman–Crippen MR) is 90.3 cm³/mol. The fraction of sp³-hybridized carbons (Fsp3) is 0.368. The molecule has 112 valence electrons. The van der Waals surface area contributed by atoms with Gasteiger partial charge in [-0.05, 0) is 81.5 Å². The number of aryl methyl sites for hydroxylation is 5. The number of hydrogen-bond acceptors (Lipinski definition) is 2. The van der Waals surface area contributed by atoms with E-state index in [1.807, 2.05) is 26.0 Å². The SMILES string of the molecule is Cc1cc(C)c(C(C)Nc2cc(C)c(O)cc2C)c(C)c1. The number of rotatable bonds is 3. The first-order chi connectivity index (χ1) is 9.79. The maximum absolute atomic E-state index is 9.77. The molecule has 0 bridgehead atoms. The molecular weight excluding hydrogens is 258 g/mol. The number of anilines is 1. The molecule has 21 heavy (non-hydrogen) atoms. The number of benzene rings is 2. The lowest BCUT2D eigenvalue weighted by molar-refractivity contribution is 0.470. The summed E-state index contributed by atoms with van der Waals surface area (Å²) in [5.74, 6) is 0.355.